The second-order valence-electron chi connectivity index (χ2n) is 6.71. The summed E-state index contributed by atoms with van der Waals surface area (Å²) in [7, 11) is -3.16. The predicted molar refractivity (Wildman–Crippen MR) is 94.4 cm³/mol. The van der Waals surface area contributed by atoms with E-state index in [1.807, 2.05) is 12.1 Å². The van der Waals surface area contributed by atoms with Crippen LogP contribution in [0.15, 0.2) is 24.3 Å². The van der Waals surface area contributed by atoms with Gasteiger partial charge in [0.15, 0.2) is 0 Å². The second-order valence-corrected chi connectivity index (χ2v) is 8.75. The molecule has 0 aromatic heterocycles. The Balaban J connectivity index is 1.94. The van der Waals surface area contributed by atoms with Crippen LogP contribution in [-0.4, -0.2) is 26.8 Å². The fraction of sp³-hybridized carbons (Fsp3) is 0.667. The van der Waals surface area contributed by atoms with Crippen LogP contribution in [0, 0.1) is 5.92 Å². The van der Waals surface area contributed by atoms with E-state index in [1.54, 1.807) is 6.92 Å². The van der Waals surface area contributed by atoms with Crippen LogP contribution in [-0.2, 0) is 10.0 Å². The number of hydrogen-bond donors (Lipinski definition) is 1. The van der Waals surface area contributed by atoms with Crippen molar-refractivity contribution in [3.05, 3.63) is 29.8 Å². The third kappa shape index (κ3) is 5.50. The van der Waals surface area contributed by atoms with Crippen LogP contribution in [0.5, 0.6) is 5.75 Å². The minimum Gasteiger partial charge on any atom is -0.493 e. The van der Waals surface area contributed by atoms with E-state index in [0.717, 1.165) is 31.4 Å². The third-order valence-electron chi connectivity index (χ3n) is 4.63. The van der Waals surface area contributed by atoms with Crippen molar-refractivity contribution >= 4 is 10.0 Å². The molecule has 0 saturated heterocycles. The van der Waals surface area contributed by atoms with Crippen LogP contribution in [0.2, 0.25) is 0 Å². The van der Waals surface area contributed by atoms with Crippen molar-refractivity contribution in [2.75, 3.05) is 12.4 Å². The molecule has 0 radical (unpaired) electrons. The summed E-state index contributed by atoms with van der Waals surface area (Å²) in [5.74, 6) is 1.75. The topological polar surface area (TPSA) is 55.4 Å². The number of ether oxygens (including phenoxy) is 1. The number of benzene rings is 1. The molecule has 0 amide bonds. The first-order valence-corrected chi connectivity index (χ1v) is 10.3. The van der Waals surface area contributed by atoms with Crippen LogP contribution in [0.3, 0.4) is 0 Å². The van der Waals surface area contributed by atoms with E-state index in [1.165, 1.54) is 5.56 Å². The molecule has 2 atom stereocenters. The van der Waals surface area contributed by atoms with Crippen LogP contribution in [0.1, 0.15) is 57.9 Å². The van der Waals surface area contributed by atoms with E-state index in [9.17, 15) is 8.42 Å². The lowest BCUT2D eigenvalue weighted by molar-refractivity contribution is 0.180. The summed E-state index contributed by atoms with van der Waals surface area (Å²) in [6.07, 6.45) is 4.14. The Morgan fingerprint density at radius 3 is 2.43 bits per heavy atom. The van der Waals surface area contributed by atoms with Gasteiger partial charge in [-0.1, -0.05) is 38.8 Å². The molecule has 4 nitrogen and oxygen atoms in total. The van der Waals surface area contributed by atoms with Gasteiger partial charge in [-0.2, -0.15) is 0 Å². The highest BCUT2D eigenvalue weighted by atomic mass is 32.2. The molecule has 1 fully saturated rings. The Morgan fingerprint density at radius 1 is 1.17 bits per heavy atom. The fourth-order valence-corrected chi connectivity index (χ4v) is 3.97. The van der Waals surface area contributed by atoms with Crippen LogP contribution >= 0.6 is 0 Å². The molecular weight excluding hydrogens is 310 g/mol. The largest absolute Gasteiger partial charge is 0.493 e. The lowest BCUT2D eigenvalue weighted by Gasteiger charge is -2.31. The van der Waals surface area contributed by atoms with Gasteiger partial charge in [-0.25, -0.2) is 13.1 Å². The highest BCUT2D eigenvalue weighted by Gasteiger charge is 2.28. The number of rotatable bonds is 7. The van der Waals surface area contributed by atoms with Gasteiger partial charge in [0.2, 0.25) is 10.0 Å². The summed E-state index contributed by atoms with van der Waals surface area (Å²) >= 11 is 0. The van der Waals surface area contributed by atoms with Gasteiger partial charge >= 0.3 is 0 Å². The monoisotopic (exact) mass is 339 g/mol. The molecule has 2 rings (SSSR count). The number of hydrogen-bond acceptors (Lipinski definition) is 3. The molecule has 1 aromatic carbocycles. The average Bonchev–Trinajstić information content (AvgIpc) is 2.54. The van der Waals surface area contributed by atoms with Crippen molar-refractivity contribution in [2.45, 2.75) is 58.4 Å². The fourth-order valence-electron chi connectivity index (χ4n) is 3.03. The zero-order chi connectivity index (χ0) is 16.9. The van der Waals surface area contributed by atoms with Gasteiger partial charge in [-0.15, -0.1) is 0 Å². The smallest absolute Gasteiger partial charge is 0.211 e. The zero-order valence-corrected chi connectivity index (χ0v) is 15.2. The summed E-state index contributed by atoms with van der Waals surface area (Å²) in [4.78, 5) is 0. The molecule has 0 heterocycles. The Morgan fingerprint density at radius 2 is 1.83 bits per heavy atom. The van der Waals surface area contributed by atoms with E-state index in [4.69, 9.17) is 4.74 Å². The highest BCUT2D eigenvalue weighted by molar-refractivity contribution is 7.89. The van der Waals surface area contributed by atoms with Gasteiger partial charge in [0.05, 0.1) is 12.4 Å². The van der Waals surface area contributed by atoms with E-state index in [0.29, 0.717) is 12.5 Å². The van der Waals surface area contributed by atoms with Crippen molar-refractivity contribution in [2.24, 2.45) is 5.92 Å². The van der Waals surface area contributed by atoms with Crippen molar-refractivity contribution in [1.29, 1.82) is 0 Å². The molecule has 23 heavy (non-hydrogen) atoms. The maximum absolute atomic E-state index is 11.8. The average molecular weight is 340 g/mol. The van der Waals surface area contributed by atoms with E-state index in [-0.39, 0.29) is 17.7 Å². The van der Waals surface area contributed by atoms with Gasteiger partial charge in [-0.05, 0) is 43.4 Å². The van der Waals surface area contributed by atoms with E-state index in [2.05, 4.69) is 30.7 Å². The van der Waals surface area contributed by atoms with Crippen molar-refractivity contribution in [3.8, 4) is 5.75 Å². The summed E-state index contributed by atoms with van der Waals surface area (Å²) in [5.41, 5.74) is 1.29. The first-order valence-electron chi connectivity index (χ1n) is 8.64. The lowest BCUT2D eigenvalue weighted by Crippen LogP contribution is -2.44. The Hall–Kier alpha value is -1.07. The van der Waals surface area contributed by atoms with Crippen molar-refractivity contribution < 1.29 is 13.2 Å². The van der Waals surface area contributed by atoms with Gasteiger partial charge in [-0.3, -0.25) is 0 Å². The Kier molecular flexibility index (Phi) is 6.48. The van der Waals surface area contributed by atoms with E-state index < -0.39 is 10.0 Å². The molecule has 2 unspecified atom stereocenters. The van der Waals surface area contributed by atoms with Crippen LogP contribution in [0.25, 0.3) is 0 Å². The van der Waals surface area contributed by atoms with Gasteiger partial charge < -0.3 is 4.74 Å². The molecule has 130 valence electrons. The van der Waals surface area contributed by atoms with Gasteiger partial charge in [0.25, 0.3) is 0 Å². The Labute approximate surface area is 140 Å². The number of nitrogens with one attached hydrogen (secondary N) is 1. The SMILES string of the molecule is CCS(=O)(=O)NC1CCCCC1COc1ccc(C(C)C)cc1. The molecule has 0 aliphatic heterocycles. The lowest BCUT2D eigenvalue weighted by atomic mass is 9.86. The zero-order valence-electron chi connectivity index (χ0n) is 14.4. The predicted octanol–water partition coefficient (Wildman–Crippen LogP) is 3.69. The standard InChI is InChI=1S/C18H29NO3S/c1-4-23(20,21)19-18-8-6-5-7-16(18)13-22-17-11-9-15(10-12-17)14(2)3/h9-12,14,16,18-19H,4-8,13H2,1-3H3. The van der Waals surface area contributed by atoms with E-state index >= 15 is 0 Å². The molecule has 0 bridgehead atoms. The van der Waals surface area contributed by atoms with Crippen molar-refractivity contribution in [3.63, 3.8) is 0 Å². The maximum Gasteiger partial charge on any atom is 0.211 e. The molecule has 1 N–H and O–H groups in total. The molecule has 5 heteroatoms. The second kappa shape index (κ2) is 8.15. The normalized spacial score (nSPS) is 22.3. The van der Waals surface area contributed by atoms with Gasteiger partial charge in [0.1, 0.15) is 5.75 Å². The third-order valence-corrected chi connectivity index (χ3v) is 6.05. The molecule has 1 saturated carbocycles. The summed E-state index contributed by atoms with van der Waals surface area (Å²) in [6.45, 7) is 6.58. The summed E-state index contributed by atoms with van der Waals surface area (Å²) < 4.78 is 32.4. The van der Waals surface area contributed by atoms with Crippen LogP contribution in [0.4, 0.5) is 0 Å². The maximum atomic E-state index is 11.8. The highest BCUT2D eigenvalue weighted by Crippen LogP contribution is 2.26. The molecular formula is C18H29NO3S. The molecule has 0 spiro atoms. The molecule has 1 aliphatic rings. The minimum atomic E-state index is -3.16. The van der Waals surface area contributed by atoms with Crippen LogP contribution < -0.4 is 9.46 Å². The summed E-state index contributed by atoms with van der Waals surface area (Å²) in [5, 5.41) is 0. The first-order chi connectivity index (χ1) is 10.9. The Bertz CT molecular complexity index is 581. The minimum absolute atomic E-state index is 0.00337. The van der Waals surface area contributed by atoms with Crippen molar-refractivity contribution in [1.82, 2.24) is 4.72 Å². The summed E-state index contributed by atoms with van der Waals surface area (Å²) in [6, 6.07) is 8.20. The quantitative estimate of drug-likeness (QED) is 0.824. The first kappa shape index (κ1) is 18.3. The molecule has 1 aliphatic carbocycles. The number of sulfonamides is 1. The molecule has 1 aromatic rings. The van der Waals surface area contributed by atoms with Gasteiger partial charge in [0, 0.05) is 12.0 Å².